The van der Waals surface area contributed by atoms with Gasteiger partial charge >= 0.3 is 6.36 Å². The van der Waals surface area contributed by atoms with Crippen molar-refractivity contribution in [2.45, 2.75) is 25.6 Å². The Balaban J connectivity index is 1.19. The van der Waals surface area contributed by atoms with Crippen LogP contribution in [0.25, 0.3) is 0 Å². The highest BCUT2D eigenvalue weighted by Crippen LogP contribution is 2.53. The monoisotopic (exact) mass is 412 g/mol. The number of aliphatic hydroxyl groups excluding tert-OH is 1. The van der Waals surface area contributed by atoms with Crippen LogP contribution in [0.2, 0.25) is 0 Å². The van der Waals surface area contributed by atoms with Crippen molar-refractivity contribution in [3.63, 3.8) is 0 Å². The molecule has 1 aromatic rings. The number of benzene rings is 1. The molecule has 1 amide bonds. The molecular weight excluding hydrogens is 385 g/mol. The quantitative estimate of drug-likeness (QED) is 0.748. The molecule has 0 bridgehead atoms. The second-order valence-corrected chi connectivity index (χ2v) is 8.60. The maximum absolute atomic E-state index is 12.4. The number of halogens is 3. The Bertz CT molecular complexity index is 730. The van der Waals surface area contributed by atoms with Gasteiger partial charge in [-0.05, 0) is 54.7 Å². The Labute approximate surface area is 168 Å². The summed E-state index contributed by atoms with van der Waals surface area (Å²) in [6.45, 7) is 3.85. The average Bonchev–Trinajstić information content (AvgIpc) is 3.04. The molecule has 1 N–H and O–H groups in total. The Kier molecular flexibility index (Phi) is 5.75. The molecule has 2 saturated heterocycles. The summed E-state index contributed by atoms with van der Waals surface area (Å²) < 4.78 is 41.0. The molecule has 160 valence electrons. The molecule has 3 unspecified atom stereocenters. The van der Waals surface area contributed by atoms with Crippen molar-refractivity contribution in [3.8, 4) is 5.75 Å². The number of nitrogens with zero attached hydrogens (tertiary/aromatic N) is 2. The first-order valence-electron chi connectivity index (χ1n) is 10.3. The number of hydrogen-bond donors (Lipinski definition) is 1. The van der Waals surface area contributed by atoms with Crippen LogP contribution in [0.1, 0.15) is 18.4 Å². The predicted molar refractivity (Wildman–Crippen MR) is 100 cm³/mol. The summed E-state index contributed by atoms with van der Waals surface area (Å²) in [7, 11) is 0. The number of ether oxygens (including phenoxy) is 1. The number of carbonyl (C=O) groups excluding carboxylic acids is 1. The SMILES string of the molecule is O=C(CN1CC2C(CCc3cccc(OC(F)(F)F)c3)C2C1)N1CCC(CO)C1. The van der Waals surface area contributed by atoms with Crippen LogP contribution in [0.3, 0.4) is 0 Å². The molecule has 2 aliphatic heterocycles. The van der Waals surface area contributed by atoms with Gasteiger partial charge in [0.1, 0.15) is 5.75 Å². The Morgan fingerprint density at radius 2 is 1.97 bits per heavy atom. The van der Waals surface area contributed by atoms with E-state index in [4.69, 9.17) is 0 Å². The van der Waals surface area contributed by atoms with Crippen molar-refractivity contribution >= 4 is 5.91 Å². The van der Waals surface area contributed by atoms with E-state index in [1.54, 1.807) is 6.07 Å². The zero-order valence-corrected chi connectivity index (χ0v) is 16.3. The van der Waals surface area contributed by atoms with Gasteiger partial charge in [-0.2, -0.15) is 0 Å². The number of carbonyl (C=O) groups is 1. The van der Waals surface area contributed by atoms with Gasteiger partial charge in [-0.25, -0.2) is 0 Å². The fourth-order valence-electron chi connectivity index (χ4n) is 5.02. The number of fused-ring (bicyclic) bond motifs is 1. The Hall–Kier alpha value is -1.80. The summed E-state index contributed by atoms with van der Waals surface area (Å²) in [5.41, 5.74) is 0.858. The van der Waals surface area contributed by atoms with Gasteiger partial charge in [-0.3, -0.25) is 9.69 Å². The number of alkyl halides is 3. The van der Waals surface area contributed by atoms with E-state index in [0.29, 0.717) is 30.8 Å². The van der Waals surface area contributed by atoms with Crippen molar-refractivity contribution in [3.05, 3.63) is 29.8 Å². The van der Waals surface area contributed by atoms with Crippen LogP contribution in [0.4, 0.5) is 13.2 Å². The highest BCUT2D eigenvalue weighted by atomic mass is 19.4. The van der Waals surface area contributed by atoms with Gasteiger partial charge in [-0.1, -0.05) is 12.1 Å². The van der Waals surface area contributed by atoms with Crippen molar-refractivity contribution in [1.29, 1.82) is 0 Å². The molecule has 3 aliphatic rings. The number of hydrogen-bond acceptors (Lipinski definition) is 4. The minimum absolute atomic E-state index is 0.143. The second-order valence-electron chi connectivity index (χ2n) is 8.60. The summed E-state index contributed by atoms with van der Waals surface area (Å²) in [5, 5.41) is 9.21. The third-order valence-electron chi connectivity index (χ3n) is 6.60. The summed E-state index contributed by atoms with van der Waals surface area (Å²) >= 11 is 0. The van der Waals surface area contributed by atoms with Crippen molar-refractivity contribution in [1.82, 2.24) is 9.80 Å². The molecule has 1 aliphatic carbocycles. The van der Waals surface area contributed by atoms with Crippen LogP contribution in [-0.4, -0.2) is 66.5 Å². The number of aliphatic hydroxyl groups is 1. The maximum atomic E-state index is 12.4. The fourth-order valence-corrected chi connectivity index (χ4v) is 5.02. The van der Waals surface area contributed by atoms with Crippen LogP contribution in [0.15, 0.2) is 24.3 Å². The van der Waals surface area contributed by atoms with Gasteiger partial charge in [0.05, 0.1) is 6.54 Å². The van der Waals surface area contributed by atoms with E-state index in [1.165, 1.54) is 12.1 Å². The minimum Gasteiger partial charge on any atom is -0.406 e. The molecule has 1 saturated carbocycles. The van der Waals surface area contributed by atoms with Gasteiger partial charge in [-0.15, -0.1) is 13.2 Å². The lowest BCUT2D eigenvalue weighted by molar-refractivity contribution is -0.274. The third kappa shape index (κ3) is 5.04. The maximum Gasteiger partial charge on any atom is 0.573 e. The molecule has 2 heterocycles. The van der Waals surface area contributed by atoms with Crippen LogP contribution in [0, 0.1) is 23.7 Å². The zero-order chi connectivity index (χ0) is 20.6. The number of rotatable bonds is 7. The largest absolute Gasteiger partial charge is 0.573 e. The first kappa shape index (κ1) is 20.5. The van der Waals surface area contributed by atoms with Gasteiger partial charge < -0.3 is 14.7 Å². The summed E-state index contributed by atoms with van der Waals surface area (Å²) in [4.78, 5) is 16.5. The topological polar surface area (TPSA) is 53.0 Å². The number of piperidine rings is 1. The van der Waals surface area contributed by atoms with E-state index < -0.39 is 6.36 Å². The van der Waals surface area contributed by atoms with E-state index in [1.807, 2.05) is 11.0 Å². The molecule has 1 aromatic carbocycles. The standard InChI is InChI=1S/C21H27F3N2O3/c22-21(23,24)29-16-3-1-2-14(8-16)4-5-17-18-10-25(11-19(17)18)12-20(28)26-7-6-15(9-26)13-27/h1-3,8,15,17-19,27H,4-7,9-13H2. The Morgan fingerprint density at radius 1 is 1.21 bits per heavy atom. The van der Waals surface area contributed by atoms with E-state index >= 15 is 0 Å². The summed E-state index contributed by atoms with van der Waals surface area (Å²) in [5.74, 6) is 2.00. The zero-order valence-electron chi connectivity index (χ0n) is 16.3. The molecule has 0 aromatic heterocycles. The van der Waals surface area contributed by atoms with Crippen molar-refractivity contribution < 1.29 is 27.8 Å². The molecule has 3 fully saturated rings. The lowest BCUT2D eigenvalue weighted by Gasteiger charge is -2.23. The van der Waals surface area contributed by atoms with Crippen LogP contribution in [0.5, 0.6) is 5.75 Å². The molecule has 29 heavy (non-hydrogen) atoms. The van der Waals surface area contributed by atoms with Crippen LogP contribution in [-0.2, 0) is 11.2 Å². The average molecular weight is 412 g/mol. The first-order chi connectivity index (χ1) is 13.8. The van der Waals surface area contributed by atoms with Crippen molar-refractivity contribution in [2.24, 2.45) is 23.7 Å². The highest BCUT2D eigenvalue weighted by molar-refractivity contribution is 5.78. The normalized spacial score (nSPS) is 29.2. The highest BCUT2D eigenvalue weighted by Gasteiger charge is 2.54. The minimum atomic E-state index is -4.67. The molecule has 3 atom stereocenters. The van der Waals surface area contributed by atoms with Crippen LogP contribution < -0.4 is 4.74 Å². The molecule has 0 spiro atoms. The number of amides is 1. The first-order valence-corrected chi connectivity index (χ1v) is 10.3. The van der Waals surface area contributed by atoms with E-state index in [-0.39, 0.29) is 24.2 Å². The molecule has 0 radical (unpaired) electrons. The van der Waals surface area contributed by atoms with E-state index in [0.717, 1.165) is 44.5 Å². The van der Waals surface area contributed by atoms with Gasteiger partial charge in [0.15, 0.2) is 0 Å². The number of likely N-dealkylation sites (tertiary alicyclic amines) is 2. The lowest BCUT2D eigenvalue weighted by Crippen LogP contribution is -2.39. The van der Waals surface area contributed by atoms with E-state index in [2.05, 4.69) is 9.64 Å². The fraction of sp³-hybridized carbons (Fsp3) is 0.667. The smallest absolute Gasteiger partial charge is 0.406 e. The molecule has 4 rings (SSSR count). The van der Waals surface area contributed by atoms with Gasteiger partial charge in [0.25, 0.3) is 0 Å². The van der Waals surface area contributed by atoms with E-state index in [9.17, 15) is 23.1 Å². The summed E-state index contributed by atoms with van der Waals surface area (Å²) in [6.07, 6.45) is -2.09. The predicted octanol–water partition coefficient (Wildman–Crippen LogP) is 2.54. The lowest BCUT2D eigenvalue weighted by atomic mass is 10.0. The van der Waals surface area contributed by atoms with Gasteiger partial charge in [0.2, 0.25) is 5.91 Å². The summed E-state index contributed by atoms with van der Waals surface area (Å²) in [6, 6.07) is 6.21. The van der Waals surface area contributed by atoms with Crippen molar-refractivity contribution in [2.75, 3.05) is 39.3 Å². The van der Waals surface area contributed by atoms with Crippen LogP contribution >= 0.6 is 0 Å². The molecule has 5 nitrogen and oxygen atoms in total. The number of aryl methyl sites for hydroxylation is 1. The Morgan fingerprint density at radius 3 is 2.62 bits per heavy atom. The molecule has 8 heteroatoms. The molecular formula is C21H27F3N2O3. The third-order valence-corrected chi connectivity index (χ3v) is 6.60. The van der Waals surface area contributed by atoms with Gasteiger partial charge in [0, 0.05) is 38.7 Å². The second kappa shape index (κ2) is 8.14.